The first kappa shape index (κ1) is 34.0. The molecule has 4 unspecified atom stereocenters. The normalized spacial score (nSPS) is 13.6. The fourth-order valence-corrected chi connectivity index (χ4v) is 4.13. The minimum absolute atomic E-state index is 0.0358. The number of fused-ring (bicyclic) bond motifs is 1. The summed E-state index contributed by atoms with van der Waals surface area (Å²) in [5.41, 5.74) is 18.4. The van der Waals surface area contributed by atoms with Gasteiger partial charge in [-0.1, -0.05) is 18.2 Å². The van der Waals surface area contributed by atoms with Gasteiger partial charge in [0.05, 0.1) is 12.5 Å². The maximum absolute atomic E-state index is 13.2. The van der Waals surface area contributed by atoms with Crippen molar-refractivity contribution in [1.82, 2.24) is 20.9 Å². The van der Waals surface area contributed by atoms with Crippen LogP contribution in [-0.2, 0) is 35.2 Å². The van der Waals surface area contributed by atoms with E-state index in [2.05, 4.69) is 20.6 Å². The zero-order valence-corrected chi connectivity index (χ0v) is 23.1. The number of nitrogens with two attached hydrogens (primary N) is 3. The van der Waals surface area contributed by atoms with E-state index in [1.54, 1.807) is 6.20 Å². The molecule has 13 N–H and O–H groups in total. The van der Waals surface area contributed by atoms with Crippen LogP contribution < -0.4 is 33.2 Å². The Morgan fingerprint density at radius 1 is 0.837 bits per heavy atom. The molecule has 1 aromatic heterocycles. The molecule has 0 aliphatic carbocycles. The van der Waals surface area contributed by atoms with Gasteiger partial charge in [0.15, 0.2) is 5.96 Å². The van der Waals surface area contributed by atoms with Crippen LogP contribution in [-0.4, -0.2) is 92.6 Å². The van der Waals surface area contributed by atoms with Crippen molar-refractivity contribution in [2.45, 2.75) is 62.7 Å². The topological polar surface area (TPSA) is 305 Å². The first-order chi connectivity index (χ1) is 20.3. The van der Waals surface area contributed by atoms with Gasteiger partial charge in [0.2, 0.25) is 17.7 Å². The van der Waals surface area contributed by atoms with E-state index in [4.69, 9.17) is 22.3 Å². The summed E-state index contributed by atoms with van der Waals surface area (Å²) in [6.45, 7) is 0.0896. The van der Waals surface area contributed by atoms with E-state index in [1.165, 1.54) is 0 Å². The number of benzene rings is 1. The Morgan fingerprint density at radius 3 is 2.09 bits per heavy atom. The monoisotopic (exact) mass is 604 g/mol. The van der Waals surface area contributed by atoms with Crippen molar-refractivity contribution in [3.63, 3.8) is 0 Å². The number of hydrogen-bond acceptors (Lipinski definition) is 8. The van der Waals surface area contributed by atoms with Crippen LogP contribution in [0, 0.1) is 0 Å². The number of aromatic amines is 1. The Morgan fingerprint density at radius 2 is 1.47 bits per heavy atom. The Hall–Kier alpha value is -5.19. The van der Waals surface area contributed by atoms with Gasteiger partial charge >= 0.3 is 17.9 Å². The number of nitrogens with zero attached hydrogens (tertiary/aromatic N) is 1. The van der Waals surface area contributed by atoms with Crippen LogP contribution in [0.3, 0.4) is 0 Å². The first-order valence-corrected chi connectivity index (χ1v) is 13.2. The van der Waals surface area contributed by atoms with E-state index in [0.29, 0.717) is 0 Å². The summed E-state index contributed by atoms with van der Waals surface area (Å²) >= 11 is 0. The molecule has 4 atom stereocenters. The Bertz CT molecular complexity index is 1360. The van der Waals surface area contributed by atoms with Gasteiger partial charge < -0.3 is 53.5 Å². The fourth-order valence-electron chi connectivity index (χ4n) is 4.13. The summed E-state index contributed by atoms with van der Waals surface area (Å²) in [4.78, 5) is 79.7. The van der Waals surface area contributed by atoms with Crippen molar-refractivity contribution in [3.8, 4) is 0 Å². The zero-order valence-electron chi connectivity index (χ0n) is 23.1. The van der Waals surface area contributed by atoms with Gasteiger partial charge in [0.25, 0.3) is 0 Å². The predicted molar refractivity (Wildman–Crippen MR) is 152 cm³/mol. The van der Waals surface area contributed by atoms with E-state index in [9.17, 15) is 39.0 Å². The summed E-state index contributed by atoms with van der Waals surface area (Å²) in [5.74, 6) is -7.37. The molecule has 0 aliphatic heterocycles. The van der Waals surface area contributed by atoms with E-state index < -0.39 is 79.1 Å². The number of carbonyl (C=O) groups excluding carboxylic acids is 3. The fraction of sp³-hybridized carbons (Fsp3) is 0.423. The maximum Gasteiger partial charge on any atom is 0.326 e. The van der Waals surface area contributed by atoms with Crippen molar-refractivity contribution in [3.05, 3.63) is 36.0 Å². The van der Waals surface area contributed by atoms with Crippen LogP contribution in [0.2, 0.25) is 0 Å². The standard InChI is InChI=1S/C26H36N8O9/c27-15(10-13-12-31-16-5-2-1-4-14(13)16)22(39)32-17(6-3-9-30-26(28)29)23(40)34-19(11-21(37)38)24(41)33-18(25(42)43)7-8-20(35)36/h1-2,4-5,12,15,17-19,31H,3,6-11,27H2,(H,32,39)(H,33,41)(H,34,40)(H,35,36)(H,37,38)(H,42,43)(H4,28,29,30). The van der Waals surface area contributed by atoms with Crippen LogP contribution in [0.1, 0.15) is 37.7 Å². The largest absolute Gasteiger partial charge is 0.481 e. The number of hydrogen-bond donors (Lipinski definition) is 10. The number of nitrogens with one attached hydrogen (secondary N) is 4. The van der Waals surface area contributed by atoms with Crippen molar-refractivity contribution in [1.29, 1.82) is 0 Å². The summed E-state index contributed by atoms with van der Waals surface area (Å²) in [6, 6.07) is 1.58. The van der Waals surface area contributed by atoms with Crippen LogP contribution in [0.25, 0.3) is 10.9 Å². The molecule has 0 saturated heterocycles. The lowest BCUT2D eigenvalue weighted by atomic mass is 10.0. The molecule has 2 rings (SSSR count). The number of aliphatic carboxylic acids is 3. The van der Waals surface area contributed by atoms with E-state index in [0.717, 1.165) is 16.5 Å². The molecule has 234 valence electrons. The third-order valence-corrected chi connectivity index (χ3v) is 6.30. The highest BCUT2D eigenvalue weighted by molar-refractivity contribution is 5.96. The number of guanidine groups is 1. The molecule has 0 bridgehead atoms. The Labute approximate surface area is 245 Å². The number of aliphatic imine (C=N–C) groups is 1. The number of carboxylic acids is 3. The number of carboxylic acid groups (broad SMARTS) is 3. The Kier molecular flexibility index (Phi) is 12.9. The zero-order chi connectivity index (χ0) is 32.1. The molecule has 3 amide bonds. The summed E-state index contributed by atoms with van der Waals surface area (Å²) < 4.78 is 0. The number of carbonyl (C=O) groups is 6. The predicted octanol–water partition coefficient (Wildman–Crippen LogP) is -2.03. The quantitative estimate of drug-likeness (QED) is 0.0500. The highest BCUT2D eigenvalue weighted by Gasteiger charge is 2.32. The maximum atomic E-state index is 13.2. The van der Waals surface area contributed by atoms with Gasteiger partial charge in [-0.25, -0.2) is 4.79 Å². The highest BCUT2D eigenvalue weighted by Crippen LogP contribution is 2.19. The third-order valence-electron chi connectivity index (χ3n) is 6.30. The number of aromatic nitrogens is 1. The van der Waals surface area contributed by atoms with Crippen LogP contribution in [0.4, 0.5) is 0 Å². The molecular weight excluding hydrogens is 568 g/mol. The average molecular weight is 605 g/mol. The van der Waals surface area contributed by atoms with Crippen LogP contribution >= 0.6 is 0 Å². The lowest BCUT2D eigenvalue weighted by molar-refractivity contribution is -0.144. The molecule has 2 aromatic rings. The number of amides is 3. The first-order valence-electron chi connectivity index (χ1n) is 13.2. The molecule has 0 saturated carbocycles. The van der Waals surface area contributed by atoms with Gasteiger partial charge in [-0.2, -0.15) is 0 Å². The molecule has 0 fully saturated rings. The lowest BCUT2D eigenvalue weighted by Gasteiger charge is -2.24. The minimum atomic E-state index is -1.76. The number of para-hydroxylation sites is 1. The third kappa shape index (κ3) is 11.3. The molecule has 17 heteroatoms. The molecule has 0 spiro atoms. The molecule has 43 heavy (non-hydrogen) atoms. The average Bonchev–Trinajstić information content (AvgIpc) is 3.33. The number of H-pyrrole nitrogens is 1. The summed E-state index contributed by atoms with van der Waals surface area (Å²) in [6.07, 6.45) is -0.0102. The Balaban J connectivity index is 2.18. The summed E-state index contributed by atoms with van der Waals surface area (Å²) in [5, 5.41) is 35.1. The SMILES string of the molecule is NC(N)=NCCCC(NC(=O)C(N)Cc1c[nH]c2ccccc12)C(=O)NC(CC(=O)O)C(=O)NC(CCC(=O)O)C(=O)O. The molecule has 1 aromatic carbocycles. The lowest BCUT2D eigenvalue weighted by Crippen LogP contribution is -2.57. The van der Waals surface area contributed by atoms with Crippen molar-refractivity contribution >= 4 is 52.5 Å². The second-order valence-corrected chi connectivity index (χ2v) is 9.67. The van der Waals surface area contributed by atoms with Crippen molar-refractivity contribution in [2.75, 3.05) is 6.54 Å². The van der Waals surface area contributed by atoms with Crippen LogP contribution in [0.5, 0.6) is 0 Å². The van der Waals surface area contributed by atoms with Crippen molar-refractivity contribution < 1.29 is 44.1 Å². The number of rotatable bonds is 18. The van der Waals surface area contributed by atoms with Gasteiger partial charge in [-0.05, 0) is 37.3 Å². The van der Waals surface area contributed by atoms with Gasteiger partial charge in [0.1, 0.15) is 18.1 Å². The smallest absolute Gasteiger partial charge is 0.326 e. The van der Waals surface area contributed by atoms with Gasteiger partial charge in [0, 0.05) is 30.1 Å². The molecule has 1 heterocycles. The second-order valence-electron chi connectivity index (χ2n) is 9.67. The van der Waals surface area contributed by atoms with E-state index in [-0.39, 0.29) is 31.8 Å². The molecule has 0 aliphatic rings. The van der Waals surface area contributed by atoms with Gasteiger partial charge in [-0.15, -0.1) is 0 Å². The summed E-state index contributed by atoms with van der Waals surface area (Å²) in [7, 11) is 0. The van der Waals surface area contributed by atoms with E-state index >= 15 is 0 Å². The van der Waals surface area contributed by atoms with Crippen LogP contribution in [0.15, 0.2) is 35.5 Å². The molecular formula is C26H36N8O9. The molecule has 0 radical (unpaired) electrons. The highest BCUT2D eigenvalue weighted by atomic mass is 16.4. The second kappa shape index (κ2) is 16.3. The minimum Gasteiger partial charge on any atom is -0.481 e. The molecule has 17 nitrogen and oxygen atoms in total. The van der Waals surface area contributed by atoms with E-state index in [1.807, 2.05) is 29.6 Å². The van der Waals surface area contributed by atoms with Gasteiger partial charge in [-0.3, -0.25) is 29.0 Å². The van der Waals surface area contributed by atoms with Crippen molar-refractivity contribution in [2.24, 2.45) is 22.2 Å².